The minimum Gasteiger partial charge on any atom is -0.388 e. The van der Waals surface area contributed by atoms with Crippen LogP contribution < -0.4 is 0 Å². The lowest BCUT2D eigenvalue weighted by molar-refractivity contribution is 0.0624. The molecule has 0 saturated carbocycles. The molecular weight excluding hydrogens is 220 g/mol. The fourth-order valence-electron chi connectivity index (χ4n) is 2.35. The highest BCUT2D eigenvalue weighted by molar-refractivity contribution is 5.74. The summed E-state index contributed by atoms with van der Waals surface area (Å²) in [6.07, 6.45) is 4.99. The summed E-state index contributed by atoms with van der Waals surface area (Å²) in [4.78, 5) is 0. The smallest absolute Gasteiger partial charge is 0.0844 e. The Bertz CT molecular complexity index is 501. The van der Waals surface area contributed by atoms with Crippen molar-refractivity contribution >= 4 is 5.57 Å². The SMILES string of the molecule is CC1=CCC(c2ccccc2C(O)C(C)(C)C)=C1. The molecule has 0 spiro atoms. The van der Waals surface area contributed by atoms with Crippen LogP contribution in [0.25, 0.3) is 5.57 Å². The van der Waals surface area contributed by atoms with Gasteiger partial charge in [0.2, 0.25) is 0 Å². The maximum Gasteiger partial charge on any atom is 0.0844 e. The molecule has 0 radical (unpaired) electrons. The predicted octanol–water partition coefficient (Wildman–Crippen LogP) is 4.50. The lowest BCUT2D eigenvalue weighted by Crippen LogP contribution is -2.19. The molecular formula is C17H22O. The van der Waals surface area contributed by atoms with Gasteiger partial charge in [-0.1, -0.05) is 62.8 Å². The fourth-order valence-corrected chi connectivity index (χ4v) is 2.35. The molecule has 1 aliphatic carbocycles. The van der Waals surface area contributed by atoms with Crippen LogP contribution in [-0.4, -0.2) is 5.11 Å². The van der Waals surface area contributed by atoms with E-state index in [0.29, 0.717) is 0 Å². The normalized spacial score (nSPS) is 17.4. The maximum atomic E-state index is 10.5. The first-order valence-electron chi connectivity index (χ1n) is 6.54. The van der Waals surface area contributed by atoms with Crippen LogP contribution in [0.3, 0.4) is 0 Å². The molecule has 1 aromatic rings. The van der Waals surface area contributed by atoms with Crippen molar-refractivity contribution in [2.75, 3.05) is 0 Å². The van der Waals surface area contributed by atoms with Crippen molar-refractivity contribution in [2.24, 2.45) is 5.41 Å². The molecule has 1 N–H and O–H groups in total. The van der Waals surface area contributed by atoms with Crippen molar-refractivity contribution in [1.29, 1.82) is 0 Å². The van der Waals surface area contributed by atoms with Crippen LogP contribution in [0.5, 0.6) is 0 Å². The van der Waals surface area contributed by atoms with Gasteiger partial charge in [0.05, 0.1) is 6.10 Å². The van der Waals surface area contributed by atoms with E-state index in [2.05, 4.69) is 45.9 Å². The lowest BCUT2D eigenvalue weighted by atomic mass is 9.81. The third-order valence-electron chi connectivity index (χ3n) is 3.47. The van der Waals surface area contributed by atoms with E-state index in [1.807, 2.05) is 18.2 Å². The van der Waals surface area contributed by atoms with Crippen LogP contribution in [-0.2, 0) is 0 Å². The van der Waals surface area contributed by atoms with Crippen molar-refractivity contribution in [3.63, 3.8) is 0 Å². The van der Waals surface area contributed by atoms with E-state index in [1.165, 1.54) is 16.7 Å². The van der Waals surface area contributed by atoms with E-state index in [-0.39, 0.29) is 5.41 Å². The lowest BCUT2D eigenvalue weighted by Gasteiger charge is -2.28. The van der Waals surface area contributed by atoms with Crippen LogP contribution in [0.4, 0.5) is 0 Å². The van der Waals surface area contributed by atoms with E-state index in [9.17, 15) is 5.11 Å². The largest absolute Gasteiger partial charge is 0.388 e. The first-order chi connectivity index (χ1) is 8.39. The molecule has 0 fully saturated rings. The van der Waals surface area contributed by atoms with Gasteiger partial charge in [-0.3, -0.25) is 0 Å². The maximum absolute atomic E-state index is 10.5. The van der Waals surface area contributed by atoms with Gasteiger partial charge in [-0.05, 0) is 35.5 Å². The van der Waals surface area contributed by atoms with Crippen molar-refractivity contribution in [3.8, 4) is 0 Å². The molecule has 18 heavy (non-hydrogen) atoms. The second kappa shape index (κ2) is 4.74. The first kappa shape index (κ1) is 13.1. The molecule has 1 unspecified atom stereocenters. The highest BCUT2D eigenvalue weighted by atomic mass is 16.3. The van der Waals surface area contributed by atoms with Gasteiger partial charge in [0.25, 0.3) is 0 Å². The summed E-state index contributed by atoms with van der Waals surface area (Å²) in [7, 11) is 0. The molecule has 1 heteroatoms. The molecule has 0 amide bonds. The Hall–Kier alpha value is -1.34. The Morgan fingerprint density at radius 3 is 2.39 bits per heavy atom. The number of hydrogen-bond donors (Lipinski definition) is 1. The summed E-state index contributed by atoms with van der Waals surface area (Å²) in [6, 6.07) is 8.20. The van der Waals surface area contributed by atoms with E-state index in [4.69, 9.17) is 0 Å². The summed E-state index contributed by atoms with van der Waals surface area (Å²) in [5.41, 5.74) is 4.71. The number of allylic oxidation sites excluding steroid dienone is 4. The zero-order valence-corrected chi connectivity index (χ0v) is 11.7. The van der Waals surface area contributed by atoms with Gasteiger partial charge in [-0.15, -0.1) is 0 Å². The van der Waals surface area contributed by atoms with Gasteiger partial charge in [-0.25, -0.2) is 0 Å². The molecule has 0 bridgehead atoms. The third-order valence-corrected chi connectivity index (χ3v) is 3.47. The molecule has 1 atom stereocenters. The number of aliphatic hydroxyl groups excluding tert-OH is 1. The molecule has 0 aromatic heterocycles. The molecule has 0 saturated heterocycles. The van der Waals surface area contributed by atoms with Gasteiger partial charge in [0.15, 0.2) is 0 Å². The molecule has 1 aromatic carbocycles. The Kier molecular flexibility index (Phi) is 3.45. The van der Waals surface area contributed by atoms with E-state index >= 15 is 0 Å². The zero-order chi connectivity index (χ0) is 13.3. The Morgan fingerprint density at radius 1 is 1.17 bits per heavy atom. The predicted molar refractivity (Wildman–Crippen MR) is 77.2 cm³/mol. The molecule has 2 rings (SSSR count). The van der Waals surface area contributed by atoms with E-state index < -0.39 is 6.10 Å². The Morgan fingerprint density at radius 2 is 1.83 bits per heavy atom. The summed E-state index contributed by atoms with van der Waals surface area (Å²) in [5, 5.41) is 10.5. The van der Waals surface area contributed by atoms with Crippen molar-refractivity contribution in [2.45, 2.75) is 40.2 Å². The summed E-state index contributed by atoms with van der Waals surface area (Å²) in [5.74, 6) is 0. The highest BCUT2D eigenvalue weighted by Crippen LogP contribution is 2.38. The van der Waals surface area contributed by atoms with Crippen LogP contribution in [0.15, 0.2) is 42.0 Å². The second-order valence-electron chi connectivity index (χ2n) is 6.18. The van der Waals surface area contributed by atoms with Crippen molar-refractivity contribution < 1.29 is 5.11 Å². The van der Waals surface area contributed by atoms with Crippen LogP contribution >= 0.6 is 0 Å². The Labute approximate surface area is 110 Å². The molecule has 96 valence electrons. The molecule has 0 heterocycles. The molecule has 1 aliphatic rings. The van der Waals surface area contributed by atoms with E-state index in [1.54, 1.807) is 0 Å². The van der Waals surface area contributed by atoms with Gasteiger partial charge in [0.1, 0.15) is 0 Å². The standard InChI is InChI=1S/C17H22O/c1-12-9-10-13(11-12)14-7-5-6-8-15(14)16(18)17(2,3)4/h5-9,11,16,18H,10H2,1-4H3. The Balaban J connectivity index is 2.42. The zero-order valence-electron chi connectivity index (χ0n) is 11.7. The average Bonchev–Trinajstić information content (AvgIpc) is 2.73. The number of rotatable bonds is 2. The highest BCUT2D eigenvalue weighted by Gasteiger charge is 2.26. The number of benzene rings is 1. The number of hydrogen-bond acceptors (Lipinski definition) is 1. The minimum atomic E-state index is -0.435. The van der Waals surface area contributed by atoms with Gasteiger partial charge >= 0.3 is 0 Å². The van der Waals surface area contributed by atoms with Crippen molar-refractivity contribution in [3.05, 3.63) is 53.1 Å². The quantitative estimate of drug-likeness (QED) is 0.809. The first-order valence-corrected chi connectivity index (χ1v) is 6.54. The summed E-state index contributed by atoms with van der Waals surface area (Å²) < 4.78 is 0. The molecule has 1 nitrogen and oxygen atoms in total. The third kappa shape index (κ3) is 2.56. The molecule has 0 aliphatic heterocycles. The van der Waals surface area contributed by atoms with Crippen molar-refractivity contribution in [1.82, 2.24) is 0 Å². The van der Waals surface area contributed by atoms with E-state index in [0.717, 1.165) is 12.0 Å². The average molecular weight is 242 g/mol. The van der Waals surface area contributed by atoms with Gasteiger partial charge in [0, 0.05) is 0 Å². The van der Waals surface area contributed by atoms with Gasteiger partial charge < -0.3 is 5.11 Å². The number of aliphatic hydroxyl groups is 1. The topological polar surface area (TPSA) is 20.2 Å². The van der Waals surface area contributed by atoms with Crippen LogP contribution in [0.2, 0.25) is 0 Å². The van der Waals surface area contributed by atoms with Crippen LogP contribution in [0, 0.1) is 5.41 Å². The summed E-state index contributed by atoms with van der Waals surface area (Å²) in [6.45, 7) is 8.33. The van der Waals surface area contributed by atoms with Crippen LogP contribution in [0.1, 0.15) is 51.3 Å². The minimum absolute atomic E-state index is 0.141. The van der Waals surface area contributed by atoms with Gasteiger partial charge in [-0.2, -0.15) is 0 Å². The second-order valence-corrected chi connectivity index (χ2v) is 6.18. The summed E-state index contributed by atoms with van der Waals surface area (Å²) >= 11 is 0. The fraction of sp³-hybridized carbons (Fsp3) is 0.412. The monoisotopic (exact) mass is 242 g/mol.